The summed E-state index contributed by atoms with van der Waals surface area (Å²) in [4.78, 5) is 6.91. The van der Waals surface area contributed by atoms with E-state index in [4.69, 9.17) is 0 Å². The Morgan fingerprint density at radius 3 is 2.80 bits per heavy atom. The van der Waals surface area contributed by atoms with E-state index >= 15 is 0 Å². The van der Waals surface area contributed by atoms with Crippen LogP contribution in [0.3, 0.4) is 0 Å². The highest BCUT2D eigenvalue weighted by Crippen LogP contribution is 2.16. The minimum Gasteiger partial charge on any atom is -0.356 e. The molecule has 1 fully saturated rings. The maximum Gasteiger partial charge on any atom is 0.191 e. The molecule has 4 heteroatoms. The second-order valence-corrected chi connectivity index (χ2v) is 6.04. The van der Waals surface area contributed by atoms with E-state index in [-0.39, 0.29) is 0 Å². The van der Waals surface area contributed by atoms with Gasteiger partial charge in [0.15, 0.2) is 5.96 Å². The monoisotopic (exact) mass is 282 g/mol. The van der Waals surface area contributed by atoms with Gasteiger partial charge in [0, 0.05) is 25.7 Å². The number of guanidine groups is 1. The summed E-state index contributed by atoms with van der Waals surface area (Å²) in [6.45, 7) is 10.3. The van der Waals surface area contributed by atoms with Crippen molar-refractivity contribution >= 4 is 5.96 Å². The summed E-state index contributed by atoms with van der Waals surface area (Å²) in [5.41, 5.74) is 0. The van der Waals surface area contributed by atoms with Crippen LogP contribution < -0.4 is 10.6 Å². The van der Waals surface area contributed by atoms with Crippen LogP contribution in [0.1, 0.15) is 59.3 Å². The van der Waals surface area contributed by atoms with Gasteiger partial charge in [0.25, 0.3) is 0 Å². The van der Waals surface area contributed by atoms with Crippen LogP contribution in [-0.4, -0.2) is 49.6 Å². The van der Waals surface area contributed by atoms with Crippen molar-refractivity contribution in [2.45, 2.75) is 71.4 Å². The highest BCUT2D eigenvalue weighted by Gasteiger charge is 2.16. The van der Waals surface area contributed by atoms with Gasteiger partial charge in [0.1, 0.15) is 0 Å². The van der Waals surface area contributed by atoms with Crippen LogP contribution in [0.5, 0.6) is 0 Å². The molecule has 0 saturated carbocycles. The molecule has 2 unspecified atom stereocenters. The molecule has 0 bridgehead atoms. The molecule has 0 aromatic heterocycles. The quantitative estimate of drug-likeness (QED) is 0.428. The van der Waals surface area contributed by atoms with E-state index in [9.17, 15) is 0 Å². The molecule has 1 aliphatic rings. The zero-order chi connectivity index (χ0) is 14.8. The molecule has 1 heterocycles. The van der Waals surface area contributed by atoms with Gasteiger partial charge in [-0.2, -0.15) is 0 Å². The normalized spacial score (nSPS) is 22.6. The van der Waals surface area contributed by atoms with Crippen molar-refractivity contribution in [3.63, 3.8) is 0 Å². The molecule has 1 saturated heterocycles. The molecule has 1 aliphatic heterocycles. The van der Waals surface area contributed by atoms with Gasteiger partial charge in [0.2, 0.25) is 0 Å². The van der Waals surface area contributed by atoms with E-state index in [2.05, 4.69) is 41.3 Å². The van der Waals surface area contributed by atoms with Gasteiger partial charge in [-0.3, -0.25) is 4.99 Å². The first-order valence-electron chi connectivity index (χ1n) is 8.38. The summed E-state index contributed by atoms with van der Waals surface area (Å²) in [5.74, 6) is 0.936. The average molecular weight is 282 g/mol. The zero-order valence-electron chi connectivity index (χ0n) is 13.9. The Labute approximate surface area is 125 Å². The molecule has 0 aliphatic carbocycles. The van der Waals surface area contributed by atoms with Crippen molar-refractivity contribution in [2.24, 2.45) is 4.99 Å². The topological polar surface area (TPSA) is 39.7 Å². The summed E-state index contributed by atoms with van der Waals surface area (Å²) in [5, 5.41) is 6.80. The summed E-state index contributed by atoms with van der Waals surface area (Å²) >= 11 is 0. The largest absolute Gasteiger partial charge is 0.356 e. The lowest BCUT2D eigenvalue weighted by molar-refractivity contribution is 0.158. The van der Waals surface area contributed by atoms with E-state index in [1.54, 1.807) is 0 Å². The molecule has 4 nitrogen and oxygen atoms in total. The second kappa shape index (κ2) is 10.0. The van der Waals surface area contributed by atoms with Crippen LogP contribution in [0, 0.1) is 0 Å². The molecule has 1 rings (SSSR count). The lowest BCUT2D eigenvalue weighted by atomic mass is 10.0. The summed E-state index contributed by atoms with van der Waals surface area (Å²) < 4.78 is 0. The molecule has 2 N–H and O–H groups in total. The van der Waals surface area contributed by atoms with Crippen molar-refractivity contribution in [3.05, 3.63) is 0 Å². The maximum absolute atomic E-state index is 4.26. The fraction of sp³-hybridized carbons (Fsp3) is 0.938. The first kappa shape index (κ1) is 17.3. The highest BCUT2D eigenvalue weighted by atomic mass is 15.2. The molecular weight excluding hydrogens is 248 g/mol. The van der Waals surface area contributed by atoms with Gasteiger partial charge in [0.05, 0.1) is 0 Å². The third kappa shape index (κ3) is 6.60. The van der Waals surface area contributed by atoms with Crippen molar-refractivity contribution in [2.75, 3.05) is 26.7 Å². The lowest BCUT2D eigenvalue weighted by Crippen LogP contribution is -2.42. The summed E-state index contributed by atoms with van der Waals surface area (Å²) in [6, 6.07) is 1.27. The summed E-state index contributed by atoms with van der Waals surface area (Å²) in [6.07, 6.45) is 7.78. The Balaban J connectivity index is 2.08. The summed E-state index contributed by atoms with van der Waals surface area (Å²) in [7, 11) is 1.84. The smallest absolute Gasteiger partial charge is 0.191 e. The molecular formula is C16H34N4. The number of piperidine rings is 1. The third-order valence-electron chi connectivity index (χ3n) is 4.32. The zero-order valence-corrected chi connectivity index (χ0v) is 13.9. The molecule has 0 aromatic carbocycles. The molecule has 0 spiro atoms. The fourth-order valence-electron chi connectivity index (χ4n) is 2.67. The van der Waals surface area contributed by atoms with Gasteiger partial charge >= 0.3 is 0 Å². The number of likely N-dealkylation sites (tertiary alicyclic amines) is 1. The predicted octanol–water partition coefficient (Wildman–Crippen LogP) is 2.60. The van der Waals surface area contributed by atoms with E-state index in [1.807, 2.05) is 7.05 Å². The Hall–Kier alpha value is -0.770. The molecule has 0 aromatic rings. The van der Waals surface area contributed by atoms with E-state index in [0.29, 0.717) is 6.04 Å². The van der Waals surface area contributed by atoms with Crippen LogP contribution in [0.4, 0.5) is 0 Å². The van der Waals surface area contributed by atoms with Crippen molar-refractivity contribution in [1.29, 1.82) is 0 Å². The highest BCUT2D eigenvalue weighted by molar-refractivity contribution is 5.79. The molecule has 2 atom stereocenters. The van der Waals surface area contributed by atoms with Crippen molar-refractivity contribution in [1.82, 2.24) is 15.5 Å². The van der Waals surface area contributed by atoms with Crippen LogP contribution in [0.15, 0.2) is 4.99 Å². The van der Waals surface area contributed by atoms with Crippen molar-refractivity contribution in [3.8, 4) is 0 Å². The van der Waals surface area contributed by atoms with Gasteiger partial charge < -0.3 is 15.5 Å². The van der Waals surface area contributed by atoms with Crippen LogP contribution >= 0.6 is 0 Å². The average Bonchev–Trinajstić information content (AvgIpc) is 2.47. The predicted molar refractivity (Wildman–Crippen MR) is 88.4 cm³/mol. The number of nitrogens with zero attached hydrogens (tertiary/aromatic N) is 2. The van der Waals surface area contributed by atoms with Gasteiger partial charge in [-0.05, 0) is 59.0 Å². The minimum atomic E-state index is 0.482. The van der Waals surface area contributed by atoms with Gasteiger partial charge in [-0.15, -0.1) is 0 Å². The van der Waals surface area contributed by atoms with Crippen LogP contribution in [0.2, 0.25) is 0 Å². The Kier molecular flexibility index (Phi) is 8.67. The first-order chi connectivity index (χ1) is 9.67. The molecule has 118 valence electrons. The Morgan fingerprint density at radius 1 is 1.35 bits per heavy atom. The van der Waals surface area contributed by atoms with Gasteiger partial charge in [-0.25, -0.2) is 0 Å². The van der Waals surface area contributed by atoms with Crippen molar-refractivity contribution < 1.29 is 0 Å². The second-order valence-electron chi connectivity index (χ2n) is 6.04. The first-order valence-corrected chi connectivity index (χ1v) is 8.38. The van der Waals surface area contributed by atoms with E-state index in [1.165, 1.54) is 45.2 Å². The molecule has 0 radical (unpaired) electrons. The standard InChI is InChI=1S/C16H34N4/c1-5-14(2)19-16(17-4)18-11-7-9-13-20-12-8-6-10-15(20)3/h14-15H,5-13H2,1-4H3,(H2,17,18,19). The third-order valence-corrected chi connectivity index (χ3v) is 4.32. The van der Waals surface area contributed by atoms with E-state index < -0.39 is 0 Å². The van der Waals surface area contributed by atoms with Crippen LogP contribution in [0.25, 0.3) is 0 Å². The Bertz CT molecular complexity index is 278. The maximum atomic E-state index is 4.26. The number of unbranched alkanes of at least 4 members (excludes halogenated alkanes) is 1. The SMILES string of the molecule is CCC(C)NC(=NC)NCCCCN1CCCCC1C. The lowest BCUT2D eigenvalue weighted by Gasteiger charge is -2.33. The fourth-order valence-corrected chi connectivity index (χ4v) is 2.67. The van der Waals surface area contributed by atoms with Crippen LogP contribution in [-0.2, 0) is 0 Å². The number of hydrogen-bond acceptors (Lipinski definition) is 2. The number of nitrogens with one attached hydrogen (secondary N) is 2. The Morgan fingerprint density at radius 2 is 2.15 bits per heavy atom. The molecule has 0 amide bonds. The number of rotatable bonds is 7. The van der Waals surface area contributed by atoms with Gasteiger partial charge in [-0.1, -0.05) is 13.3 Å². The number of aliphatic imine (C=N–C) groups is 1. The van der Waals surface area contributed by atoms with E-state index in [0.717, 1.165) is 25.0 Å². The number of hydrogen-bond donors (Lipinski definition) is 2. The molecule has 20 heavy (non-hydrogen) atoms. The minimum absolute atomic E-state index is 0.482.